The molecule has 0 N–H and O–H groups in total. The van der Waals surface area contributed by atoms with Crippen molar-refractivity contribution in [2.45, 2.75) is 19.4 Å². The van der Waals surface area contributed by atoms with Crippen molar-refractivity contribution in [3.63, 3.8) is 0 Å². The number of benzene rings is 1. The van der Waals surface area contributed by atoms with Crippen LogP contribution < -0.4 is 15.0 Å². The zero-order valence-corrected chi connectivity index (χ0v) is 15.7. The molecule has 2 aromatic heterocycles. The molecule has 7 nitrogen and oxygen atoms in total. The maximum Gasteiger partial charge on any atom is 0.310 e. The first-order valence-electron chi connectivity index (χ1n) is 8.29. The molecule has 4 rings (SSSR count). The van der Waals surface area contributed by atoms with Crippen molar-refractivity contribution in [1.82, 2.24) is 9.38 Å². The molecule has 0 bridgehead atoms. The summed E-state index contributed by atoms with van der Waals surface area (Å²) in [6, 6.07) is 4.76. The summed E-state index contributed by atoms with van der Waals surface area (Å²) in [4.78, 5) is 29.0. The number of hydrogen-bond donors (Lipinski definition) is 0. The molecule has 0 aliphatic carbocycles. The lowest BCUT2D eigenvalue weighted by atomic mass is 10.1. The number of rotatable bonds is 4. The van der Waals surface area contributed by atoms with Crippen molar-refractivity contribution in [2.75, 3.05) is 13.2 Å². The molecule has 1 aliphatic rings. The molecule has 3 heterocycles. The highest BCUT2D eigenvalue weighted by molar-refractivity contribution is 7.15. The third-order valence-electron chi connectivity index (χ3n) is 3.95. The fourth-order valence-electron chi connectivity index (χ4n) is 2.72. The Bertz CT molecular complexity index is 1060. The van der Waals surface area contributed by atoms with Crippen molar-refractivity contribution >= 4 is 33.9 Å². The van der Waals surface area contributed by atoms with E-state index in [-0.39, 0.29) is 18.6 Å². The third kappa shape index (κ3) is 3.91. The van der Waals surface area contributed by atoms with Gasteiger partial charge in [0.25, 0.3) is 5.56 Å². The molecule has 0 unspecified atom stereocenters. The summed E-state index contributed by atoms with van der Waals surface area (Å²) < 4.78 is 17.9. The summed E-state index contributed by atoms with van der Waals surface area (Å²) in [7, 11) is 0. The molecule has 0 fully saturated rings. The molecular weight excluding hydrogens is 392 g/mol. The van der Waals surface area contributed by atoms with Crippen molar-refractivity contribution in [3.05, 3.63) is 56.4 Å². The van der Waals surface area contributed by atoms with Gasteiger partial charge in [-0.25, -0.2) is 4.98 Å². The smallest absolute Gasteiger partial charge is 0.310 e. The summed E-state index contributed by atoms with van der Waals surface area (Å²) in [5.74, 6) is 0.578. The van der Waals surface area contributed by atoms with Gasteiger partial charge in [0, 0.05) is 24.1 Å². The van der Waals surface area contributed by atoms with Crippen LogP contribution in [0.5, 0.6) is 11.5 Å². The summed E-state index contributed by atoms with van der Waals surface area (Å²) in [5, 5.41) is 2.17. The van der Waals surface area contributed by atoms with E-state index in [1.165, 1.54) is 21.8 Å². The van der Waals surface area contributed by atoms with Gasteiger partial charge in [0.15, 0.2) is 16.5 Å². The van der Waals surface area contributed by atoms with Crippen LogP contribution in [-0.4, -0.2) is 28.6 Å². The Balaban J connectivity index is 1.44. The Kier molecular flexibility index (Phi) is 5.00. The van der Waals surface area contributed by atoms with Gasteiger partial charge in [-0.15, -0.1) is 11.3 Å². The van der Waals surface area contributed by atoms with E-state index >= 15 is 0 Å². The number of hydrogen-bond acceptors (Lipinski definition) is 7. The van der Waals surface area contributed by atoms with Crippen LogP contribution in [0.4, 0.5) is 0 Å². The van der Waals surface area contributed by atoms with E-state index in [9.17, 15) is 9.59 Å². The number of carbonyl (C=O) groups is 1. The normalized spacial score (nSPS) is 13.4. The van der Waals surface area contributed by atoms with Gasteiger partial charge in [0.1, 0.15) is 6.61 Å². The maximum atomic E-state index is 12.2. The van der Waals surface area contributed by atoms with Gasteiger partial charge in [-0.1, -0.05) is 11.6 Å². The Labute approximate surface area is 163 Å². The number of halogens is 1. The second-order valence-corrected chi connectivity index (χ2v) is 7.21. The number of fused-ring (bicyclic) bond motifs is 2. The molecule has 0 saturated heterocycles. The lowest BCUT2D eigenvalue weighted by molar-refractivity contribution is -0.144. The van der Waals surface area contributed by atoms with Gasteiger partial charge in [-0.05, 0) is 17.7 Å². The van der Waals surface area contributed by atoms with E-state index in [1.54, 1.807) is 23.7 Å². The molecule has 140 valence electrons. The van der Waals surface area contributed by atoms with Crippen LogP contribution in [0.1, 0.15) is 17.7 Å². The van der Waals surface area contributed by atoms with Crippen LogP contribution >= 0.6 is 22.9 Å². The lowest BCUT2D eigenvalue weighted by Gasteiger charge is -2.11. The summed E-state index contributed by atoms with van der Waals surface area (Å²) in [6.45, 7) is 1.00. The number of carbonyl (C=O) groups excluding carboxylic acids is 1. The minimum atomic E-state index is -0.450. The largest absolute Gasteiger partial charge is 0.489 e. The number of esters is 1. The highest BCUT2D eigenvalue weighted by atomic mass is 35.5. The molecule has 3 aromatic rings. The Morgan fingerprint density at radius 1 is 1.30 bits per heavy atom. The predicted octanol–water partition coefficient (Wildman–Crippen LogP) is 2.86. The number of thiazole rings is 1. The second-order valence-electron chi connectivity index (χ2n) is 5.93. The van der Waals surface area contributed by atoms with Crippen LogP contribution in [0, 0.1) is 0 Å². The van der Waals surface area contributed by atoms with Gasteiger partial charge >= 0.3 is 5.97 Å². The second kappa shape index (κ2) is 7.58. The molecular formula is C18H15ClN2O5S. The molecule has 9 heteroatoms. The first-order valence-corrected chi connectivity index (χ1v) is 9.55. The Morgan fingerprint density at radius 3 is 3.04 bits per heavy atom. The molecule has 0 radical (unpaired) electrons. The molecule has 0 spiro atoms. The highest BCUT2D eigenvalue weighted by Crippen LogP contribution is 2.38. The third-order valence-corrected chi connectivity index (χ3v) is 4.99. The number of nitrogens with zero attached hydrogens (tertiary/aromatic N) is 2. The van der Waals surface area contributed by atoms with E-state index in [2.05, 4.69) is 4.98 Å². The van der Waals surface area contributed by atoms with Crippen molar-refractivity contribution in [2.24, 2.45) is 0 Å². The minimum Gasteiger partial charge on any atom is -0.489 e. The van der Waals surface area contributed by atoms with Crippen LogP contribution in [0.15, 0.2) is 34.6 Å². The number of ether oxygens (including phenoxy) is 3. The van der Waals surface area contributed by atoms with Gasteiger partial charge < -0.3 is 14.2 Å². The Hall–Kier alpha value is -2.58. The van der Waals surface area contributed by atoms with E-state index in [4.69, 9.17) is 25.8 Å². The first kappa shape index (κ1) is 17.8. The molecule has 1 aliphatic heterocycles. The molecule has 27 heavy (non-hydrogen) atoms. The summed E-state index contributed by atoms with van der Waals surface area (Å²) >= 11 is 7.58. The lowest BCUT2D eigenvalue weighted by Crippen LogP contribution is -2.15. The maximum absolute atomic E-state index is 12.2. The van der Waals surface area contributed by atoms with Crippen molar-refractivity contribution < 1.29 is 19.0 Å². The van der Waals surface area contributed by atoms with Gasteiger partial charge in [0.2, 0.25) is 0 Å². The molecule has 0 saturated carbocycles. The number of aromatic nitrogens is 2. The fraction of sp³-hybridized carbons (Fsp3) is 0.278. The standard InChI is InChI=1S/C18H15ClN2O5S/c19-13-6-11(7-14-17(13)25-4-1-3-24-14)8-16(23)26-10-12-9-15(22)21-2-5-27-18(21)20-12/h2,5-7,9H,1,3-4,8,10H2. The SMILES string of the molecule is O=C(Cc1cc(Cl)c2c(c1)OCCCO2)OCc1cc(=O)n2ccsc2n1. The van der Waals surface area contributed by atoms with E-state index in [1.807, 2.05) is 0 Å². The van der Waals surface area contributed by atoms with Crippen LogP contribution in [-0.2, 0) is 22.6 Å². The zero-order valence-electron chi connectivity index (χ0n) is 14.1. The molecule has 0 amide bonds. The van der Waals surface area contributed by atoms with E-state index in [0.29, 0.717) is 46.0 Å². The highest BCUT2D eigenvalue weighted by Gasteiger charge is 2.17. The summed E-state index contributed by atoms with van der Waals surface area (Å²) in [5.41, 5.74) is 0.866. The molecule has 1 aromatic carbocycles. The zero-order chi connectivity index (χ0) is 18.8. The van der Waals surface area contributed by atoms with Crippen molar-refractivity contribution in [3.8, 4) is 11.5 Å². The quantitative estimate of drug-likeness (QED) is 0.620. The average molecular weight is 407 g/mol. The van der Waals surface area contributed by atoms with E-state index < -0.39 is 5.97 Å². The topological polar surface area (TPSA) is 79.1 Å². The average Bonchev–Trinajstić information content (AvgIpc) is 2.98. The van der Waals surface area contributed by atoms with Gasteiger partial charge in [-0.3, -0.25) is 14.0 Å². The van der Waals surface area contributed by atoms with Gasteiger partial charge in [-0.2, -0.15) is 0 Å². The van der Waals surface area contributed by atoms with Gasteiger partial charge in [0.05, 0.1) is 30.4 Å². The predicted molar refractivity (Wildman–Crippen MR) is 99.9 cm³/mol. The van der Waals surface area contributed by atoms with Crippen molar-refractivity contribution in [1.29, 1.82) is 0 Å². The van der Waals surface area contributed by atoms with Crippen LogP contribution in [0.25, 0.3) is 4.96 Å². The van der Waals surface area contributed by atoms with Crippen LogP contribution in [0.3, 0.4) is 0 Å². The molecule has 0 atom stereocenters. The first-order chi connectivity index (χ1) is 13.1. The summed E-state index contributed by atoms with van der Waals surface area (Å²) in [6.07, 6.45) is 2.44. The van der Waals surface area contributed by atoms with E-state index in [0.717, 1.165) is 6.42 Å². The minimum absolute atomic E-state index is 0.0244. The fourth-order valence-corrected chi connectivity index (χ4v) is 3.75. The van der Waals surface area contributed by atoms with Crippen LogP contribution in [0.2, 0.25) is 5.02 Å². The monoisotopic (exact) mass is 406 g/mol. The Morgan fingerprint density at radius 2 is 2.15 bits per heavy atom.